The van der Waals surface area contributed by atoms with Crippen molar-refractivity contribution in [2.45, 2.75) is 0 Å². The third-order valence-electron chi connectivity index (χ3n) is 3.93. The van der Waals surface area contributed by atoms with Gasteiger partial charge in [0.2, 0.25) is 0 Å². The SMILES string of the molecule is O=C(Nc1cccc(C#Cc2ccccc2)c1)c1cc(-c2cccnc2)on1. The van der Waals surface area contributed by atoms with Gasteiger partial charge in [-0.25, -0.2) is 0 Å². The van der Waals surface area contributed by atoms with Crippen molar-refractivity contribution in [1.29, 1.82) is 0 Å². The van der Waals surface area contributed by atoms with Crippen molar-refractivity contribution >= 4 is 11.6 Å². The summed E-state index contributed by atoms with van der Waals surface area (Å²) in [5.41, 5.74) is 3.32. The highest BCUT2D eigenvalue weighted by molar-refractivity contribution is 6.03. The van der Waals surface area contributed by atoms with Crippen molar-refractivity contribution in [2.24, 2.45) is 0 Å². The zero-order chi connectivity index (χ0) is 19.2. The second-order valence-electron chi connectivity index (χ2n) is 5.97. The van der Waals surface area contributed by atoms with E-state index in [1.807, 2.05) is 54.6 Å². The van der Waals surface area contributed by atoms with E-state index < -0.39 is 0 Å². The third-order valence-corrected chi connectivity index (χ3v) is 3.93. The molecule has 4 aromatic rings. The van der Waals surface area contributed by atoms with Crippen LogP contribution in [0.5, 0.6) is 0 Å². The van der Waals surface area contributed by atoms with Crippen molar-refractivity contribution in [2.75, 3.05) is 5.32 Å². The smallest absolute Gasteiger partial charge is 0.277 e. The average molecular weight is 365 g/mol. The van der Waals surface area contributed by atoms with E-state index in [9.17, 15) is 4.79 Å². The molecule has 5 heteroatoms. The van der Waals surface area contributed by atoms with Crippen LogP contribution < -0.4 is 5.32 Å². The molecule has 2 heterocycles. The molecule has 0 atom stereocenters. The van der Waals surface area contributed by atoms with E-state index in [1.54, 1.807) is 30.6 Å². The summed E-state index contributed by atoms with van der Waals surface area (Å²) < 4.78 is 5.25. The van der Waals surface area contributed by atoms with Gasteiger partial charge in [-0.2, -0.15) is 0 Å². The maximum absolute atomic E-state index is 12.5. The van der Waals surface area contributed by atoms with Gasteiger partial charge in [0.1, 0.15) is 0 Å². The van der Waals surface area contributed by atoms with E-state index in [4.69, 9.17) is 4.52 Å². The first-order valence-corrected chi connectivity index (χ1v) is 8.63. The number of nitrogens with zero attached hydrogens (tertiary/aromatic N) is 2. The summed E-state index contributed by atoms with van der Waals surface area (Å²) in [6.45, 7) is 0. The molecule has 0 bridgehead atoms. The van der Waals surface area contributed by atoms with Crippen LogP contribution in [0, 0.1) is 11.8 Å². The molecule has 0 saturated carbocycles. The van der Waals surface area contributed by atoms with Gasteiger partial charge in [-0.05, 0) is 42.5 Å². The molecule has 0 aliphatic heterocycles. The zero-order valence-corrected chi connectivity index (χ0v) is 14.8. The van der Waals surface area contributed by atoms with E-state index in [1.165, 1.54) is 0 Å². The molecule has 0 saturated heterocycles. The molecule has 0 aliphatic rings. The maximum Gasteiger partial charge on any atom is 0.277 e. The Labute approximate surface area is 162 Å². The molecule has 5 nitrogen and oxygen atoms in total. The Morgan fingerprint density at radius 1 is 0.893 bits per heavy atom. The molecule has 1 N–H and O–H groups in total. The van der Waals surface area contributed by atoms with Gasteiger partial charge in [0.15, 0.2) is 11.5 Å². The van der Waals surface area contributed by atoms with E-state index in [-0.39, 0.29) is 11.6 Å². The quantitative estimate of drug-likeness (QED) is 0.547. The predicted molar refractivity (Wildman–Crippen MR) is 107 cm³/mol. The maximum atomic E-state index is 12.5. The lowest BCUT2D eigenvalue weighted by atomic mass is 10.1. The summed E-state index contributed by atoms with van der Waals surface area (Å²) >= 11 is 0. The van der Waals surface area contributed by atoms with Crippen molar-refractivity contribution < 1.29 is 9.32 Å². The molecule has 0 radical (unpaired) electrons. The van der Waals surface area contributed by atoms with Gasteiger partial charge >= 0.3 is 0 Å². The summed E-state index contributed by atoms with van der Waals surface area (Å²) in [7, 11) is 0. The first kappa shape index (κ1) is 17.3. The van der Waals surface area contributed by atoms with Crippen LogP contribution in [0.2, 0.25) is 0 Å². The number of nitrogens with one attached hydrogen (secondary N) is 1. The number of hydrogen-bond donors (Lipinski definition) is 1. The third kappa shape index (κ3) is 4.14. The van der Waals surface area contributed by atoms with Crippen LogP contribution in [-0.2, 0) is 0 Å². The topological polar surface area (TPSA) is 68.0 Å². The number of pyridine rings is 1. The van der Waals surface area contributed by atoms with Crippen LogP contribution >= 0.6 is 0 Å². The number of aromatic nitrogens is 2. The van der Waals surface area contributed by atoms with Crippen molar-refractivity contribution in [1.82, 2.24) is 10.1 Å². The molecule has 0 fully saturated rings. The van der Waals surface area contributed by atoms with E-state index >= 15 is 0 Å². The van der Waals surface area contributed by atoms with E-state index in [2.05, 4.69) is 27.3 Å². The number of amides is 1. The molecule has 0 spiro atoms. The number of carbonyl (C=O) groups excluding carboxylic acids is 1. The highest BCUT2D eigenvalue weighted by Crippen LogP contribution is 2.19. The molecule has 28 heavy (non-hydrogen) atoms. The van der Waals surface area contributed by atoms with Crippen molar-refractivity contribution in [3.8, 4) is 23.2 Å². The minimum absolute atomic E-state index is 0.194. The van der Waals surface area contributed by atoms with Crippen LogP contribution in [0.1, 0.15) is 21.6 Å². The lowest BCUT2D eigenvalue weighted by molar-refractivity contribution is 0.101. The number of rotatable bonds is 3. The summed E-state index contributed by atoms with van der Waals surface area (Å²) in [6.07, 6.45) is 3.32. The second kappa shape index (κ2) is 8.02. The summed E-state index contributed by atoms with van der Waals surface area (Å²) in [6, 6.07) is 22.3. The monoisotopic (exact) mass is 365 g/mol. The first-order valence-electron chi connectivity index (χ1n) is 8.63. The van der Waals surface area contributed by atoms with Crippen molar-refractivity contribution in [3.63, 3.8) is 0 Å². The molecular formula is C23H15N3O2. The van der Waals surface area contributed by atoms with E-state index in [0.29, 0.717) is 11.4 Å². The first-order chi connectivity index (χ1) is 13.8. The minimum atomic E-state index is -0.355. The zero-order valence-electron chi connectivity index (χ0n) is 14.8. The lowest BCUT2D eigenvalue weighted by Gasteiger charge is -2.02. The molecule has 2 aromatic carbocycles. The Morgan fingerprint density at radius 3 is 2.54 bits per heavy atom. The standard InChI is InChI=1S/C23H15N3O2/c27-23(21-15-22(28-26-21)19-9-5-13-24-16-19)25-20-10-4-8-18(14-20)12-11-17-6-2-1-3-7-17/h1-10,13-16H,(H,25,27). The predicted octanol–water partition coefficient (Wildman–Crippen LogP) is 4.39. The molecule has 2 aromatic heterocycles. The number of carbonyl (C=O) groups is 1. The Bertz CT molecular complexity index is 1160. The van der Waals surface area contributed by atoms with Gasteiger partial charge in [-0.15, -0.1) is 0 Å². The van der Waals surface area contributed by atoms with Gasteiger partial charge in [0, 0.05) is 40.8 Å². The van der Waals surface area contributed by atoms with Crippen molar-refractivity contribution in [3.05, 3.63) is 102 Å². The Hall–Kier alpha value is -4.17. The molecule has 1 amide bonds. The fourth-order valence-electron chi connectivity index (χ4n) is 2.56. The largest absolute Gasteiger partial charge is 0.355 e. The van der Waals surface area contributed by atoms with Gasteiger partial charge in [-0.3, -0.25) is 9.78 Å². The fraction of sp³-hybridized carbons (Fsp3) is 0. The molecule has 134 valence electrons. The Morgan fingerprint density at radius 2 is 1.71 bits per heavy atom. The molecule has 0 unspecified atom stereocenters. The van der Waals surface area contributed by atoms with Crippen LogP contribution in [0.15, 0.2) is 89.7 Å². The normalized spacial score (nSPS) is 10.0. The summed E-state index contributed by atoms with van der Waals surface area (Å²) in [5.74, 6) is 6.33. The Balaban J connectivity index is 1.48. The van der Waals surface area contributed by atoms with E-state index in [0.717, 1.165) is 16.7 Å². The Kier molecular flexibility index (Phi) is 4.94. The lowest BCUT2D eigenvalue weighted by Crippen LogP contribution is -2.12. The number of anilines is 1. The summed E-state index contributed by atoms with van der Waals surface area (Å²) in [4.78, 5) is 16.5. The molecule has 0 aliphatic carbocycles. The fourth-order valence-corrected chi connectivity index (χ4v) is 2.56. The number of benzene rings is 2. The van der Waals surface area contributed by atoms with Crippen LogP contribution in [0.4, 0.5) is 5.69 Å². The van der Waals surface area contributed by atoms with Crippen LogP contribution in [0.3, 0.4) is 0 Å². The summed E-state index contributed by atoms with van der Waals surface area (Å²) in [5, 5.41) is 6.66. The van der Waals surface area contributed by atoms with Gasteiger partial charge in [0.25, 0.3) is 5.91 Å². The van der Waals surface area contributed by atoms with Crippen LogP contribution in [-0.4, -0.2) is 16.0 Å². The highest BCUT2D eigenvalue weighted by atomic mass is 16.5. The highest BCUT2D eigenvalue weighted by Gasteiger charge is 2.14. The molecule has 4 rings (SSSR count). The van der Waals surface area contributed by atoms with Gasteiger partial charge in [-0.1, -0.05) is 41.3 Å². The molecular weight excluding hydrogens is 350 g/mol. The van der Waals surface area contributed by atoms with Crippen LogP contribution in [0.25, 0.3) is 11.3 Å². The van der Waals surface area contributed by atoms with Gasteiger partial charge < -0.3 is 9.84 Å². The number of hydrogen-bond acceptors (Lipinski definition) is 4. The average Bonchev–Trinajstić information content (AvgIpc) is 3.25. The minimum Gasteiger partial charge on any atom is -0.355 e. The second-order valence-corrected chi connectivity index (χ2v) is 5.97. The van der Waals surface area contributed by atoms with Gasteiger partial charge in [0.05, 0.1) is 0 Å².